The van der Waals surface area contributed by atoms with E-state index in [-0.39, 0.29) is 11.1 Å². The van der Waals surface area contributed by atoms with Crippen molar-refractivity contribution in [2.45, 2.75) is 64.1 Å². The number of likely N-dealkylation sites (tertiary alicyclic amines) is 1. The van der Waals surface area contributed by atoms with E-state index in [0.717, 1.165) is 0 Å². The van der Waals surface area contributed by atoms with Gasteiger partial charge in [0.2, 0.25) is 0 Å². The van der Waals surface area contributed by atoms with E-state index in [1.807, 2.05) is 0 Å². The Balaban J connectivity index is 2.42. The third-order valence-electron chi connectivity index (χ3n) is 4.52. The van der Waals surface area contributed by atoms with Crippen LogP contribution in [0.3, 0.4) is 0 Å². The zero-order chi connectivity index (χ0) is 14.1. The van der Waals surface area contributed by atoms with Crippen LogP contribution in [0.2, 0.25) is 0 Å². The van der Waals surface area contributed by atoms with Gasteiger partial charge in [0.15, 0.2) is 0 Å². The van der Waals surface area contributed by atoms with Crippen molar-refractivity contribution >= 4 is 0 Å². The SMILES string of the molecule is C=CC(c1ccccc1)N1C(C)(C)CCCC1(C)C. The smallest absolute Gasteiger partial charge is 0.0539 e. The molecule has 0 aromatic heterocycles. The molecule has 0 bridgehead atoms. The highest BCUT2D eigenvalue weighted by Crippen LogP contribution is 2.44. The Morgan fingerprint density at radius 2 is 1.58 bits per heavy atom. The van der Waals surface area contributed by atoms with Crippen LogP contribution in [0, 0.1) is 0 Å². The zero-order valence-corrected chi connectivity index (χ0v) is 12.8. The maximum Gasteiger partial charge on any atom is 0.0539 e. The molecule has 1 saturated heterocycles. The minimum atomic E-state index is 0.219. The molecular weight excluding hydrogens is 230 g/mol. The first-order valence-corrected chi connectivity index (χ1v) is 7.35. The predicted octanol–water partition coefficient (Wildman–Crippen LogP) is 4.96. The molecular formula is C18H27N. The van der Waals surface area contributed by atoms with E-state index < -0.39 is 0 Å². The van der Waals surface area contributed by atoms with Crippen LogP contribution in [0.5, 0.6) is 0 Å². The molecule has 1 aliphatic heterocycles. The van der Waals surface area contributed by atoms with Crippen molar-refractivity contribution in [2.75, 3.05) is 0 Å². The summed E-state index contributed by atoms with van der Waals surface area (Å²) < 4.78 is 0. The lowest BCUT2D eigenvalue weighted by Gasteiger charge is -2.56. The number of hydrogen-bond donors (Lipinski definition) is 0. The Labute approximate surface area is 118 Å². The Hall–Kier alpha value is -1.08. The van der Waals surface area contributed by atoms with E-state index >= 15 is 0 Å². The van der Waals surface area contributed by atoms with Gasteiger partial charge in [-0.1, -0.05) is 36.4 Å². The van der Waals surface area contributed by atoms with Crippen LogP contribution >= 0.6 is 0 Å². The first-order chi connectivity index (χ1) is 8.88. The van der Waals surface area contributed by atoms with Crippen LogP contribution in [0.25, 0.3) is 0 Å². The van der Waals surface area contributed by atoms with Crippen molar-refractivity contribution in [3.05, 3.63) is 48.6 Å². The Bertz CT molecular complexity index is 414. The molecule has 1 atom stereocenters. The number of hydrogen-bond acceptors (Lipinski definition) is 1. The van der Waals surface area contributed by atoms with Gasteiger partial charge in [-0.25, -0.2) is 0 Å². The quantitative estimate of drug-likeness (QED) is 0.692. The lowest BCUT2D eigenvalue weighted by atomic mass is 9.77. The van der Waals surface area contributed by atoms with Gasteiger partial charge in [0.25, 0.3) is 0 Å². The summed E-state index contributed by atoms with van der Waals surface area (Å²) in [5, 5.41) is 0. The summed E-state index contributed by atoms with van der Waals surface area (Å²) in [5.74, 6) is 0. The molecule has 0 aliphatic carbocycles. The second-order valence-electron chi connectivity index (χ2n) is 6.94. The molecule has 1 nitrogen and oxygen atoms in total. The maximum absolute atomic E-state index is 4.10. The summed E-state index contributed by atoms with van der Waals surface area (Å²) in [7, 11) is 0. The average molecular weight is 257 g/mol. The first-order valence-electron chi connectivity index (χ1n) is 7.35. The lowest BCUT2D eigenvalue weighted by molar-refractivity contribution is -0.0489. The minimum Gasteiger partial charge on any atom is -0.283 e. The predicted molar refractivity (Wildman–Crippen MR) is 83.2 cm³/mol. The topological polar surface area (TPSA) is 3.24 Å². The minimum absolute atomic E-state index is 0.219. The molecule has 1 aromatic rings. The first kappa shape index (κ1) is 14.3. The fourth-order valence-electron chi connectivity index (χ4n) is 3.81. The standard InChI is InChI=1S/C18H27N/c1-6-16(15-11-8-7-9-12-15)19-17(2,3)13-10-14-18(19,4)5/h6-9,11-12,16H,1,10,13-14H2,2-5H3. The molecule has 0 spiro atoms. The summed E-state index contributed by atoms with van der Waals surface area (Å²) in [6.07, 6.45) is 5.93. The fourth-order valence-corrected chi connectivity index (χ4v) is 3.81. The molecule has 1 aromatic carbocycles. The number of piperidine rings is 1. The van der Waals surface area contributed by atoms with Crippen LogP contribution < -0.4 is 0 Å². The van der Waals surface area contributed by atoms with Crippen LogP contribution in [-0.4, -0.2) is 16.0 Å². The van der Waals surface area contributed by atoms with E-state index in [1.54, 1.807) is 0 Å². The molecule has 1 unspecified atom stereocenters. The summed E-state index contributed by atoms with van der Waals surface area (Å²) in [6, 6.07) is 11.0. The Morgan fingerprint density at radius 1 is 1.05 bits per heavy atom. The lowest BCUT2D eigenvalue weighted by Crippen LogP contribution is -2.59. The Kier molecular flexibility index (Phi) is 3.87. The van der Waals surface area contributed by atoms with E-state index in [9.17, 15) is 0 Å². The zero-order valence-electron chi connectivity index (χ0n) is 12.8. The molecule has 0 N–H and O–H groups in total. The third kappa shape index (κ3) is 2.76. The summed E-state index contributed by atoms with van der Waals surface area (Å²) in [4.78, 5) is 2.66. The fraction of sp³-hybridized carbons (Fsp3) is 0.556. The van der Waals surface area contributed by atoms with Crippen LogP contribution in [-0.2, 0) is 0 Å². The van der Waals surface area contributed by atoms with Gasteiger partial charge < -0.3 is 0 Å². The molecule has 2 rings (SSSR count). The van der Waals surface area contributed by atoms with E-state index in [0.29, 0.717) is 6.04 Å². The van der Waals surface area contributed by atoms with Gasteiger partial charge in [-0.2, -0.15) is 0 Å². The summed E-state index contributed by atoms with van der Waals surface area (Å²) in [5.41, 5.74) is 1.79. The molecule has 0 amide bonds. The van der Waals surface area contributed by atoms with Crippen molar-refractivity contribution in [3.8, 4) is 0 Å². The van der Waals surface area contributed by atoms with Crippen LogP contribution in [0.15, 0.2) is 43.0 Å². The van der Waals surface area contributed by atoms with Gasteiger partial charge in [-0.05, 0) is 52.5 Å². The Morgan fingerprint density at radius 3 is 2.05 bits per heavy atom. The second-order valence-corrected chi connectivity index (χ2v) is 6.94. The molecule has 1 aliphatic rings. The van der Waals surface area contributed by atoms with Gasteiger partial charge >= 0.3 is 0 Å². The van der Waals surface area contributed by atoms with Gasteiger partial charge in [-0.3, -0.25) is 4.90 Å². The van der Waals surface area contributed by atoms with Crippen LogP contribution in [0.1, 0.15) is 58.6 Å². The van der Waals surface area contributed by atoms with Crippen molar-refractivity contribution in [2.24, 2.45) is 0 Å². The van der Waals surface area contributed by atoms with E-state index in [4.69, 9.17) is 0 Å². The number of rotatable bonds is 3. The monoisotopic (exact) mass is 257 g/mol. The molecule has 1 heterocycles. The van der Waals surface area contributed by atoms with Crippen molar-refractivity contribution in [1.82, 2.24) is 4.90 Å². The van der Waals surface area contributed by atoms with Crippen LogP contribution in [0.4, 0.5) is 0 Å². The highest BCUT2D eigenvalue weighted by Gasteiger charge is 2.44. The van der Waals surface area contributed by atoms with Gasteiger partial charge in [-0.15, -0.1) is 6.58 Å². The van der Waals surface area contributed by atoms with E-state index in [2.05, 4.69) is 75.6 Å². The van der Waals surface area contributed by atoms with Gasteiger partial charge in [0.05, 0.1) is 6.04 Å². The molecule has 1 fully saturated rings. The number of benzene rings is 1. The van der Waals surface area contributed by atoms with Crippen molar-refractivity contribution in [3.63, 3.8) is 0 Å². The molecule has 19 heavy (non-hydrogen) atoms. The number of nitrogens with zero attached hydrogens (tertiary/aromatic N) is 1. The molecule has 104 valence electrons. The maximum atomic E-state index is 4.10. The second kappa shape index (κ2) is 5.13. The van der Waals surface area contributed by atoms with Gasteiger partial charge in [0.1, 0.15) is 0 Å². The normalized spacial score (nSPS) is 23.8. The molecule has 1 heteroatoms. The highest BCUT2D eigenvalue weighted by atomic mass is 15.3. The van der Waals surface area contributed by atoms with Crippen molar-refractivity contribution < 1.29 is 0 Å². The molecule has 0 radical (unpaired) electrons. The largest absolute Gasteiger partial charge is 0.283 e. The van der Waals surface area contributed by atoms with E-state index in [1.165, 1.54) is 24.8 Å². The third-order valence-corrected chi connectivity index (χ3v) is 4.52. The van der Waals surface area contributed by atoms with Gasteiger partial charge in [0, 0.05) is 11.1 Å². The summed E-state index contributed by atoms with van der Waals surface area (Å²) in [6.45, 7) is 13.6. The van der Waals surface area contributed by atoms with Crippen molar-refractivity contribution in [1.29, 1.82) is 0 Å². The average Bonchev–Trinajstić information content (AvgIpc) is 2.34. The highest BCUT2D eigenvalue weighted by molar-refractivity contribution is 5.24. The summed E-state index contributed by atoms with van der Waals surface area (Å²) >= 11 is 0. The molecule has 0 saturated carbocycles.